The topological polar surface area (TPSA) is 0 Å². The van der Waals surface area contributed by atoms with Gasteiger partial charge in [0.05, 0.1) is 0 Å². The van der Waals surface area contributed by atoms with Crippen LogP contribution in [-0.2, 0) is 4.33 Å². The van der Waals surface area contributed by atoms with E-state index in [1.54, 1.807) is 22.7 Å². The summed E-state index contributed by atoms with van der Waals surface area (Å²) in [5, 5.41) is 3.95. The number of halogens is 2. The maximum Gasteiger partial charge on any atom is 0.186 e. The Kier molecular flexibility index (Phi) is 2.65. The molecule has 13 heavy (non-hydrogen) atoms. The highest BCUT2D eigenvalue weighted by atomic mass is 35.5. The first kappa shape index (κ1) is 9.53. The van der Waals surface area contributed by atoms with Gasteiger partial charge in [0.2, 0.25) is 0 Å². The van der Waals surface area contributed by atoms with Gasteiger partial charge >= 0.3 is 0 Å². The molecule has 0 aliphatic carbocycles. The van der Waals surface area contributed by atoms with Crippen molar-refractivity contribution in [3.05, 3.63) is 44.8 Å². The van der Waals surface area contributed by atoms with Crippen molar-refractivity contribution in [2.45, 2.75) is 4.33 Å². The lowest BCUT2D eigenvalue weighted by atomic mass is 10.3. The monoisotopic (exact) mass is 248 g/mol. The Bertz CT molecular complexity index is 326. The number of alkyl halides is 2. The lowest BCUT2D eigenvalue weighted by Crippen LogP contribution is -2.07. The van der Waals surface area contributed by atoms with E-state index < -0.39 is 4.33 Å². The van der Waals surface area contributed by atoms with Gasteiger partial charge in [-0.3, -0.25) is 0 Å². The Morgan fingerprint density at radius 2 is 1.38 bits per heavy atom. The molecular formula is C9H6Cl2S2. The minimum Gasteiger partial charge on any atom is -0.145 e. The Hall–Kier alpha value is -0.0200. The van der Waals surface area contributed by atoms with Gasteiger partial charge in [-0.2, -0.15) is 0 Å². The van der Waals surface area contributed by atoms with Crippen molar-refractivity contribution in [1.29, 1.82) is 0 Å². The molecule has 0 amide bonds. The molecule has 0 aliphatic rings. The van der Waals surface area contributed by atoms with Crippen molar-refractivity contribution in [1.82, 2.24) is 0 Å². The number of thiophene rings is 2. The van der Waals surface area contributed by atoms with E-state index in [9.17, 15) is 0 Å². The fraction of sp³-hybridized carbons (Fsp3) is 0.111. The molecule has 0 saturated heterocycles. The number of hydrogen-bond donors (Lipinski definition) is 0. The summed E-state index contributed by atoms with van der Waals surface area (Å²) < 4.78 is -0.873. The Balaban J connectivity index is 2.42. The molecule has 0 atom stereocenters. The van der Waals surface area contributed by atoms with Crippen molar-refractivity contribution in [2.75, 3.05) is 0 Å². The van der Waals surface area contributed by atoms with Crippen LogP contribution in [0.5, 0.6) is 0 Å². The van der Waals surface area contributed by atoms with Crippen LogP contribution in [0.25, 0.3) is 0 Å². The highest BCUT2D eigenvalue weighted by molar-refractivity contribution is 7.13. The molecule has 0 fully saturated rings. The van der Waals surface area contributed by atoms with Crippen LogP contribution >= 0.6 is 45.9 Å². The van der Waals surface area contributed by atoms with Gasteiger partial charge in [0.25, 0.3) is 0 Å². The molecule has 0 radical (unpaired) electrons. The molecule has 0 bridgehead atoms. The first-order valence-electron chi connectivity index (χ1n) is 3.67. The Labute approximate surface area is 94.7 Å². The van der Waals surface area contributed by atoms with Crippen LogP contribution in [-0.4, -0.2) is 0 Å². The lowest BCUT2D eigenvalue weighted by Gasteiger charge is -2.15. The van der Waals surface area contributed by atoms with Crippen molar-refractivity contribution < 1.29 is 0 Å². The summed E-state index contributed by atoms with van der Waals surface area (Å²) in [5.41, 5.74) is 0. The van der Waals surface area contributed by atoms with Crippen LogP contribution in [0.2, 0.25) is 0 Å². The number of rotatable bonds is 2. The summed E-state index contributed by atoms with van der Waals surface area (Å²) in [6.07, 6.45) is 0. The zero-order chi connectivity index (χ0) is 9.31. The Morgan fingerprint density at radius 1 is 0.923 bits per heavy atom. The normalized spacial score (nSPS) is 11.8. The molecule has 2 aromatic rings. The quantitative estimate of drug-likeness (QED) is 0.688. The molecule has 4 heteroatoms. The molecule has 0 saturated carbocycles. The average molecular weight is 249 g/mol. The highest BCUT2D eigenvalue weighted by Gasteiger charge is 2.30. The molecule has 0 unspecified atom stereocenters. The zero-order valence-electron chi connectivity index (χ0n) is 6.54. The maximum atomic E-state index is 6.26. The highest BCUT2D eigenvalue weighted by Crippen LogP contribution is 2.44. The van der Waals surface area contributed by atoms with Gasteiger partial charge in [-0.25, -0.2) is 0 Å². The molecule has 0 aliphatic heterocycles. The average Bonchev–Trinajstić information content (AvgIpc) is 2.78. The van der Waals surface area contributed by atoms with Gasteiger partial charge < -0.3 is 0 Å². The van der Waals surface area contributed by atoms with Crippen LogP contribution in [0.1, 0.15) is 9.75 Å². The van der Waals surface area contributed by atoms with E-state index in [1.807, 2.05) is 35.0 Å². The molecule has 0 N–H and O–H groups in total. The fourth-order valence-electron chi connectivity index (χ4n) is 1.04. The molecule has 2 heterocycles. The third-order valence-corrected chi connectivity index (χ3v) is 4.90. The van der Waals surface area contributed by atoms with E-state index >= 15 is 0 Å². The first-order valence-corrected chi connectivity index (χ1v) is 6.18. The van der Waals surface area contributed by atoms with Gasteiger partial charge in [0.15, 0.2) is 4.33 Å². The second-order valence-electron chi connectivity index (χ2n) is 2.53. The fourth-order valence-corrected chi connectivity index (χ4v) is 3.32. The molecule has 68 valence electrons. The second kappa shape index (κ2) is 3.62. The second-order valence-corrected chi connectivity index (χ2v) is 5.75. The summed E-state index contributed by atoms with van der Waals surface area (Å²) in [4.78, 5) is 1.94. The summed E-state index contributed by atoms with van der Waals surface area (Å²) in [7, 11) is 0. The third-order valence-electron chi connectivity index (χ3n) is 1.66. The first-order chi connectivity index (χ1) is 6.21. The van der Waals surface area contributed by atoms with E-state index in [0.29, 0.717) is 0 Å². The van der Waals surface area contributed by atoms with Crippen LogP contribution < -0.4 is 0 Å². The minimum atomic E-state index is -0.873. The van der Waals surface area contributed by atoms with Crippen molar-refractivity contribution in [3.63, 3.8) is 0 Å². The molecular weight excluding hydrogens is 243 g/mol. The van der Waals surface area contributed by atoms with Gasteiger partial charge in [0.1, 0.15) is 0 Å². The van der Waals surface area contributed by atoms with Crippen LogP contribution in [0.3, 0.4) is 0 Å². The summed E-state index contributed by atoms with van der Waals surface area (Å²) >= 11 is 15.7. The predicted molar refractivity (Wildman–Crippen MR) is 61.1 cm³/mol. The lowest BCUT2D eigenvalue weighted by molar-refractivity contribution is 1.12. The van der Waals surface area contributed by atoms with Gasteiger partial charge in [0, 0.05) is 9.75 Å². The summed E-state index contributed by atoms with van der Waals surface area (Å²) in [5.74, 6) is 0. The summed E-state index contributed by atoms with van der Waals surface area (Å²) in [6, 6.07) is 7.80. The van der Waals surface area contributed by atoms with Crippen LogP contribution in [0.15, 0.2) is 35.0 Å². The van der Waals surface area contributed by atoms with Crippen molar-refractivity contribution in [3.8, 4) is 0 Å². The maximum absolute atomic E-state index is 6.26. The van der Waals surface area contributed by atoms with Crippen molar-refractivity contribution >= 4 is 45.9 Å². The molecule has 0 nitrogen and oxygen atoms in total. The Morgan fingerprint density at radius 3 is 1.69 bits per heavy atom. The molecule has 2 rings (SSSR count). The summed E-state index contributed by atoms with van der Waals surface area (Å²) in [6.45, 7) is 0. The van der Waals surface area contributed by atoms with Crippen LogP contribution in [0, 0.1) is 0 Å². The smallest absolute Gasteiger partial charge is 0.145 e. The molecule has 0 spiro atoms. The van der Waals surface area contributed by atoms with Gasteiger partial charge in [-0.1, -0.05) is 35.3 Å². The van der Waals surface area contributed by atoms with Crippen LogP contribution in [0.4, 0.5) is 0 Å². The SMILES string of the molecule is ClC(Cl)(c1cccs1)c1cccs1. The van der Waals surface area contributed by atoms with E-state index in [1.165, 1.54) is 0 Å². The van der Waals surface area contributed by atoms with E-state index in [2.05, 4.69) is 0 Å². The zero-order valence-corrected chi connectivity index (χ0v) is 9.68. The number of hydrogen-bond acceptors (Lipinski definition) is 2. The van der Waals surface area contributed by atoms with Crippen molar-refractivity contribution in [2.24, 2.45) is 0 Å². The van der Waals surface area contributed by atoms with E-state index in [0.717, 1.165) is 9.75 Å². The van der Waals surface area contributed by atoms with Gasteiger partial charge in [-0.15, -0.1) is 22.7 Å². The minimum absolute atomic E-state index is 0.873. The van der Waals surface area contributed by atoms with E-state index in [-0.39, 0.29) is 0 Å². The largest absolute Gasteiger partial charge is 0.186 e. The predicted octanol–water partition coefficient (Wildman–Crippen LogP) is 4.49. The molecule has 2 aromatic heterocycles. The van der Waals surface area contributed by atoms with Gasteiger partial charge in [-0.05, 0) is 22.9 Å². The van der Waals surface area contributed by atoms with E-state index in [4.69, 9.17) is 23.2 Å². The third kappa shape index (κ3) is 1.77. The standard InChI is InChI=1S/C9H6Cl2S2/c10-9(11,7-3-1-5-12-7)8-4-2-6-13-8/h1-6H. The molecule has 0 aromatic carbocycles.